The second-order valence-electron chi connectivity index (χ2n) is 17.2. The van der Waals surface area contributed by atoms with Gasteiger partial charge in [-0.2, -0.15) is 0 Å². The van der Waals surface area contributed by atoms with Gasteiger partial charge >= 0.3 is 0 Å². The molecule has 0 aliphatic rings. The highest BCUT2D eigenvalue weighted by Crippen LogP contribution is 2.42. The van der Waals surface area contributed by atoms with E-state index in [2.05, 4.69) is 123 Å². The zero-order chi connectivity index (χ0) is 47.9. The van der Waals surface area contributed by atoms with Crippen LogP contribution in [-0.4, -0.2) is 14.0 Å². The number of ether oxygens (including phenoxy) is 1. The highest BCUT2D eigenvalue weighted by Gasteiger charge is 2.24. The maximum absolute atomic E-state index is 8.64. The van der Waals surface area contributed by atoms with Crippen molar-refractivity contribution in [1.29, 1.82) is 0 Å². The van der Waals surface area contributed by atoms with Crippen LogP contribution in [0.25, 0.3) is 89.2 Å². The van der Waals surface area contributed by atoms with Gasteiger partial charge in [-0.25, -0.2) is 4.98 Å². The number of aromatic nitrogens is 4. The fourth-order valence-corrected chi connectivity index (χ4v) is 8.87. The normalized spacial score (nSPS) is 12.9. The largest absolute Gasteiger partial charge is 0.484 e. The van der Waals surface area contributed by atoms with Crippen molar-refractivity contribution in [3.05, 3.63) is 206 Å². The molecule has 0 fully saturated rings. The van der Waals surface area contributed by atoms with Crippen LogP contribution in [0.5, 0.6) is 11.5 Å². The molecule has 4 heterocycles. The average molecular weight is 836 g/mol. The number of imidazole rings is 1. The molecule has 6 heteroatoms. The summed E-state index contributed by atoms with van der Waals surface area (Å²) in [6, 6.07) is 48.0. The van der Waals surface area contributed by atoms with E-state index in [1.54, 1.807) is 12.5 Å². The Morgan fingerprint density at radius 3 is 2.05 bits per heavy atom. The predicted molar refractivity (Wildman–Crippen MR) is 259 cm³/mol. The lowest BCUT2D eigenvalue weighted by Gasteiger charge is -2.19. The number of fused-ring (bicyclic) bond motifs is 4. The summed E-state index contributed by atoms with van der Waals surface area (Å²) in [4.78, 5) is 4.91. The van der Waals surface area contributed by atoms with Crippen LogP contribution in [0.2, 0.25) is 0 Å². The van der Waals surface area contributed by atoms with Gasteiger partial charge in [-0.15, -0.1) is 0 Å². The average Bonchev–Trinajstić information content (AvgIpc) is 4.02. The molecule has 0 aliphatic heterocycles. The van der Waals surface area contributed by atoms with E-state index in [9.17, 15) is 0 Å². The van der Waals surface area contributed by atoms with Gasteiger partial charge in [0.2, 0.25) is 12.0 Å². The Hall–Kier alpha value is -7.96. The molecule has 6 nitrogen and oxygen atoms in total. The summed E-state index contributed by atoms with van der Waals surface area (Å²) in [5, 5.41) is 2.07. The van der Waals surface area contributed by atoms with Crippen LogP contribution in [0.1, 0.15) is 38.8 Å². The maximum atomic E-state index is 8.64. The van der Waals surface area contributed by atoms with Crippen LogP contribution in [0, 0.1) is 13.3 Å². The SMILES string of the molecule is [2H]c1c([2H])c([2H])c(-c2cnc(-n3c4ccc(C(C)(C)C)cc4c4ccc(Oc5cccc(-c6coc7c(-c8c(-c9ccccc9)cccc8-c8ccccc8)[n+](C)[c-]n67)c5)cc43)cc2C)c([2H])c1[2H]. The molecule has 0 saturated heterocycles. The minimum absolute atomic E-state index is 0.0905. The Morgan fingerprint density at radius 1 is 0.656 bits per heavy atom. The highest BCUT2D eigenvalue weighted by molar-refractivity contribution is 6.10. The Balaban J connectivity index is 0.995. The number of rotatable bonds is 8. The van der Waals surface area contributed by atoms with E-state index in [1.165, 1.54) is 5.56 Å². The van der Waals surface area contributed by atoms with Crippen LogP contribution in [-0.2, 0) is 12.5 Å². The molecule has 64 heavy (non-hydrogen) atoms. The third-order valence-corrected chi connectivity index (χ3v) is 12.0. The van der Waals surface area contributed by atoms with Gasteiger partial charge in [0.05, 0.1) is 36.9 Å². The number of hydrogen-bond acceptors (Lipinski definition) is 3. The van der Waals surface area contributed by atoms with E-state index in [4.69, 9.17) is 21.0 Å². The topological polar surface area (TPSA) is 48.5 Å². The second kappa shape index (κ2) is 15.4. The summed E-state index contributed by atoms with van der Waals surface area (Å²) in [7, 11) is 2.00. The number of aryl methyl sites for hydroxylation is 2. The molecule has 0 N–H and O–H groups in total. The molecule has 0 saturated carbocycles. The lowest BCUT2D eigenvalue weighted by molar-refractivity contribution is -0.663. The van der Waals surface area contributed by atoms with Gasteiger partial charge < -0.3 is 13.7 Å². The van der Waals surface area contributed by atoms with Gasteiger partial charge in [-0.05, 0) is 105 Å². The van der Waals surface area contributed by atoms with Crippen molar-refractivity contribution in [3.8, 4) is 73.2 Å². The summed E-state index contributed by atoms with van der Waals surface area (Å²) in [6.07, 6.45) is 6.92. The molecule has 7 aromatic carbocycles. The Labute approximate surface area is 380 Å². The number of hydrogen-bond donors (Lipinski definition) is 0. The Kier molecular flexibility index (Phi) is 8.11. The third kappa shape index (κ3) is 6.75. The van der Waals surface area contributed by atoms with E-state index in [1.807, 2.05) is 77.5 Å². The maximum Gasteiger partial charge on any atom is 0.246 e. The third-order valence-electron chi connectivity index (χ3n) is 12.0. The zero-order valence-corrected chi connectivity index (χ0v) is 36.1. The Morgan fingerprint density at radius 2 is 1.34 bits per heavy atom. The molecule has 0 unspecified atom stereocenters. The molecule has 0 spiro atoms. The van der Waals surface area contributed by atoms with Crippen molar-refractivity contribution in [2.45, 2.75) is 33.1 Å². The van der Waals surface area contributed by atoms with Crippen LogP contribution in [0.4, 0.5) is 0 Å². The van der Waals surface area contributed by atoms with E-state index in [0.717, 1.165) is 72.1 Å². The number of benzene rings is 7. The van der Waals surface area contributed by atoms with Gasteiger partial charge in [0.15, 0.2) is 0 Å². The fraction of sp³-hybridized carbons (Fsp3) is 0.103. The van der Waals surface area contributed by atoms with Crippen molar-refractivity contribution < 1.29 is 20.6 Å². The van der Waals surface area contributed by atoms with Crippen molar-refractivity contribution in [2.75, 3.05) is 0 Å². The lowest BCUT2D eigenvalue weighted by Crippen LogP contribution is -2.28. The number of nitrogens with zero attached hydrogens (tertiary/aromatic N) is 4. The summed E-state index contributed by atoms with van der Waals surface area (Å²) in [5.41, 5.74) is 12.9. The smallest absolute Gasteiger partial charge is 0.246 e. The molecule has 310 valence electrons. The predicted octanol–water partition coefficient (Wildman–Crippen LogP) is 14.4. The monoisotopic (exact) mass is 835 g/mol. The first kappa shape index (κ1) is 33.6. The minimum atomic E-state index is -0.430. The van der Waals surface area contributed by atoms with Crippen molar-refractivity contribution in [1.82, 2.24) is 14.0 Å². The summed E-state index contributed by atoms with van der Waals surface area (Å²) in [6.45, 7) is 8.47. The van der Waals surface area contributed by atoms with Gasteiger partial charge in [0.25, 0.3) is 0 Å². The molecular formula is C58H46N4O2. The van der Waals surface area contributed by atoms with E-state index in [-0.39, 0.29) is 35.1 Å². The van der Waals surface area contributed by atoms with Gasteiger partial charge in [-0.1, -0.05) is 148 Å². The number of oxazole rings is 1. The van der Waals surface area contributed by atoms with E-state index >= 15 is 0 Å². The molecule has 0 radical (unpaired) electrons. The molecular weight excluding hydrogens is 785 g/mol. The molecule has 0 atom stereocenters. The van der Waals surface area contributed by atoms with Crippen molar-refractivity contribution in [2.24, 2.45) is 7.05 Å². The molecule has 0 aliphatic carbocycles. The number of pyridine rings is 1. The van der Waals surface area contributed by atoms with Gasteiger partial charge in [0, 0.05) is 28.6 Å². The molecule has 0 amide bonds. The van der Waals surface area contributed by atoms with Crippen LogP contribution >= 0.6 is 0 Å². The Bertz CT molecular complexity index is 3740. The van der Waals surface area contributed by atoms with E-state index in [0.29, 0.717) is 28.6 Å². The van der Waals surface area contributed by atoms with Crippen molar-refractivity contribution in [3.63, 3.8) is 0 Å². The summed E-state index contributed by atoms with van der Waals surface area (Å²) < 4.78 is 61.2. The standard InChI is InChI=1S/C58H46N4O2/c1-38-31-54(59-35-50(38)41-21-13-8-14-22-41)62-51-30-27-43(58(2,3)4)33-49(51)48-29-28-45(34-52(48)62)64-44-24-15-23-42(32-44)53-36-63-57-56(60(5)37-61(53)57)55-46(39-17-9-6-10-18-39)25-16-26-47(55)40-19-11-7-12-20-40/h6-36H,1-5H3/i8D,13D,14D,21D,22D. The highest BCUT2D eigenvalue weighted by atomic mass is 16.5. The second-order valence-corrected chi connectivity index (χ2v) is 17.2. The molecule has 0 bridgehead atoms. The van der Waals surface area contributed by atoms with Crippen molar-refractivity contribution >= 4 is 27.5 Å². The summed E-state index contributed by atoms with van der Waals surface area (Å²) >= 11 is 0. The molecule has 11 rings (SSSR count). The van der Waals surface area contributed by atoms with Crippen LogP contribution in [0.15, 0.2) is 193 Å². The first-order valence-electron chi connectivity index (χ1n) is 23.8. The van der Waals surface area contributed by atoms with Crippen LogP contribution < -0.4 is 9.30 Å². The lowest BCUT2D eigenvalue weighted by atomic mass is 9.86. The zero-order valence-electron chi connectivity index (χ0n) is 41.1. The molecule has 4 aromatic heterocycles. The summed E-state index contributed by atoms with van der Waals surface area (Å²) in [5.74, 6) is 1.87. The van der Waals surface area contributed by atoms with Gasteiger partial charge in [0.1, 0.15) is 23.0 Å². The van der Waals surface area contributed by atoms with Crippen LogP contribution in [0.3, 0.4) is 0 Å². The first-order chi connectivity index (χ1) is 33.3. The quantitative estimate of drug-likeness (QED) is 0.113. The van der Waals surface area contributed by atoms with E-state index < -0.39 is 6.04 Å². The fourth-order valence-electron chi connectivity index (χ4n) is 8.87. The molecule has 11 aromatic rings. The first-order valence-corrected chi connectivity index (χ1v) is 21.3. The van der Waals surface area contributed by atoms with Gasteiger partial charge in [-0.3, -0.25) is 8.97 Å². The minimum Gasteiger partial charge on any atom is -0.484 e.